The summed E-state index contributed by atoms with van der Waals surface area (Å²) in [7, 11) is 0. The van der Waals surface area contributed by atoms with Gasteiger partial charge in [0.1, 0.15) is 17.7 Å². The molecule has 0 aromatic heterocycles. The lowest BCUT2D eigenvalue weighted by Crippen LogP contribution is -2.50. The van der Waals surface area contributed by atoms with Gasteiger partial charge in [0.15, 0.2) is 0 Å². The number of benzene rings is 2. The molecule has 0 radical (unpaired) electrons. The van der Waals surface area contributed by atoms with Crippen LogP contribution in [-0.2, 0) is 16.0 Å². The van der Waals surface area contributed by atoms with E-state index < -0.39 is 6.04 Å². The third kappa shape index (κ3) is 6.10. The van der Waals surface area contributed by atoms with Crippen LogP contribution in [0, 0.1) is 17.7 Å². The zero-order chi connectivity index (χ0) is 23.1. The largest absolute Gasteiger partial charge is 0.351 e. The molecule has 1 aliphatic carbocycles. The molecule has 4 nitrogen and oxygen atoms in total. The van der Waals surface area contributed by atoms with Crippen molar-refractivity contribution in [2.75, 3.05) is 12.4 Å². The van der Waals surface area contributed by atoms with E-state index in [0.717, 1.165) is 24.8 Å². The average Bonchev–Trinajstić information content (AvgIpc) is 2.80. The maximum absolute atomic E-state index is 13.6. The van der Waals surface area contributed by atoms with Crippen molar-refractivity contribution in [3.8, 4) is 0 Å². The van der Waals surface area contributed by atoms with E-state index in [1.807, 2.05) is 30.3 Å². The predicted molar refractivity (Wildman–Crippen MR) is 126 cm³/mol. The van der Waals surface area contributed by atoms with Crippen LogP contribution in [0.2, 0.25) is 0 Å². The summed E-state index contributed by atoms with van der Waals surface area (Å²) in [6, 6.07) is 14.8. The number of carbonyl (C=O) groups excluding carboxylic acids is 2. The molecular formula is C26H32ClFN2O2. The molecule has 1 fully saturated rings. The Labute approximate surface area is 195 Å². The molecule has 2 amide bonds. The maximum Gasteiger partial charge on any atom is 0.247 e. The summed E-state index contributed by atoms with van der Waals surface area (Å²) in [5.41, 5.74) is 1.64. The fraction of sp³-hybridized carbons (Fsp3) is 0.462. The van der Waals surface area contributed by atoms with Gasteiger partial charge in [0.2, 0.25) is 11.8 Å². The average molecular weight is 459 g/mol. The smallest absolute Gasteiger partial charge is 0.247 e. The highest BCUT2D eigenvalue weighted by molar-refractivity contribution is 6.27. The highest BCUT2D eigenvalue weighted by atomic mass is 35.5. The van der Waals surface area contributed by atoms with Crippen molar-refractivity contribution in [1.29, 1.82) is 0 Å². The Hall–Kier alpha value is -2.40. The third-order valence-electron chi connectivity index (χ3n) is 6.70. The van der Waals surface area contributed by atoms with Crippen LogP contribution >= 0.6 is 11.6 Å². The molecule has 0 heterocycles. The molecule has 3 rings (SSSR count). The highest BCUT2D eigenvalue weighted by Gasteiger charge is 2.35. The molecule has 32 heavy (non-hydrogen) atoms. The Morgan fingerprint density at radius 3 is 2.44 bits per heavy atom. The van der Waals surface area contributed by atoms with E-state index in [0.29, 0.717) is 30.4 Å². The SMILES string of the molecule is C[C@H]1[C@H](C)CCC[C@@H]1NC(=O)[C@H](c1ccc(F)cc1)N(CCc1ccccc1)C(=O)CCl. The molecular weight excluding hydrogens is 427 g/mol. The summed E-state index contributed by atoms with van der Waals surface area (Å²) in [5.74, 6) is -0.301. The number of hydrogen-bond donors (Lipinski definition) is 1. The molecule has 0 spiro atoms. The van der Waals surface area contributed by atoms with Gasteiger partial charge in [0.05, 0.1) is 0 Å². The van der Waals surface area contributed by atoms with Gasteiger partial charge in [-0.05, 0) is 47.9 Å². The molecule has 0 bridgehead atoms. The fourth-order valence-corrected chi connectivity index (χ4v) is 4.69. The first kappa shape index (κ1) is 24.2. The molecule has 6 heteroatoms. The first-order valence-electron chi connectivity index (χ1n) is 11.4. The van der Waals surface area contributed by atoms with Gasteiger partial charge in [-0.1, -0.05) is 69.2 Å². The second kappa shape index (κ2) is 11.5. The van der Waals surface area contributed by atoms with Gasteiger partial charge in [-0.2, -0.15) is 0 Å². The van der Waals surface area contributed by atoms with Gasteiger partial charge in [-0.15, -0.1) is 11.6 Å². The van der Waals surface area contributed by atoms with Crippen LogP contribution in [0.4, 0.5) is 4.39 Å². The van der Waals surface area contributed by atoms with Crippen molar-refractivity contribution in [2.45, 2.75) is 51.6 Å². The van der Waals surface area contributed by atoms with Gasteiger partial charge < -0.3 is 10.2 Å². The molecule has 0 unspecified atom stereocenters. The van der Waals surface area contributed by atoms with E-state index in [2.05, 4.69) is 19.2 Å². The zero-order valence-corrected chi connectivity index (χ0v) is 19.5. The van der Waals surface area contributed by atoms with E-state index in [1.54, 1.807) is 12.1 Å². The summed E-state index contributed by atoms with van der Waals surface area (Å²) < 4.78 is 13.6. The second-order valence-electron chi connectivity index (χ2n) is 8.79. The molecule has 172 valence electrons. The normalized spacial score (nSPS) is 21.6. The number of nitrogens with zero attached hydrogens (tertiary/aromatic N) is 1. The Morgan fingerprint density at radius 1 is 1.09 bits per heavy atom. The molecule has 1 saturated carbocycles. The lowest BCUT2D eigenvalue weighted by molar-refractivity contribution is -0.139. The summed E-state index contributed by atoms with van der Waals surface area (Å²) in [5, 5.41) is 3.20. The first-order chi connectivity index (χ1) is 15.4. The Bertz CT molecular complexity index is 890. The minimum Gasteiger partial charge on any atom is -0.351 e. The van der Waals surface area contributed by atoms with Gasteiger partial charge >= 0.3 is 0 Å². The van der Waals surface area contributed by atoms with E-state index in [-0.39, 0.29) is 29.6 Å². The molecule has 4 atom stereocenters. The van der Waals surface area contributed by atoms with Crippen molar-refractivity contribution >= 4 is 23.4 Å². The topological polar surface area (TPSA) is 49.4 Å². The minimum atomic E-state index is -0.866. The first-order valence-corrected chi connectivity index (χ1v) is 11.9. The van der Waals surface area contributed by atoms with Crippen LogP contribution in [0.15, 0.2) is 54.6 Å². The van der Waals surface area contributed by atoms with Crippen molar-refractivity contribution in [2.24, 2.45) is 11.8 Å². The summed E-state index contributed by atoms with van der Waals surface area (Å²) in [4.78, 5) is 28.0. The van der Waals surface area contributed by atoms with Gasteiger partial charge in [0.25, 0.3) is 0 Å². The Morgan fingerprint density at radius 2 is 1.78 bits per heavy atom. The number of carbonyl (C=O) groups is 2. The van der Waals surface area contributed by atoms with Crippen LogP contribution in [0.3, 0.4) is 0 Å². The molecule has 1 N–H and O–H groups in total. The van der Waals surface area contributed by atoms with Crippen LogP contribution in [0.5, 0.6) is 0 Å². The molecule has 0 saturated heterocycles. The monoisotopic (exact) mass is 458 g/mol. The quantitative estimate of drug-likeness (QED) is 0.558. The second-order valence-corrected chi connectivity index (χ2v) is 9.06. The standard InChI is InChI=1S/C26H32ClFN2O2/c1-18-7-6-10-23(19(18)2)29-26(32)25(21-11-13-22(28)14-12-21)30(24(31)17-27)16-15-20-8-4-3-5-9-20/h3-5,8-9,11-14,18-19,23,25H,6-7,10,15-17H2,1-2H3,(H,29,32)/t18-,19+,23+,25+/m1/s1. The number of rotatable bonds is 8. The van der Waals surface area contributed by atoms with E-state index >= 15 is 0 Å². The van der Waals surface area contributed by atoms with Crippen molar-refractivity contribution in [3.05, 3.63) is 71.5 Å². The van der Waals surface area contributed by atoms with Crippen LogP contribution in [0.25, 0.3) is 0 Å². The van der Waals surface area contributed by atoms with Gasteiger partial charge in [-0.3, -0.25) is 9.59 Å². The maximum atomic E-state index is 13.6. The molecule has 1 aliphatic rings. The number of halogens is 2. The zero-order valence-electron chi connectivity index (χ0n) is 18.8. The number of hydrogen-bond acceptors (Lipinski definition) is 2. The minimum absolute atomic E-state index is 0.0521. The van der Waals surface area contributed by atoms with Crippen LogP contribution in [0.1, 0.15) is 50.3 Å². The number of amides is 2. The van der Waals surface area contributed by atoms with E-state index in [1.165, 1.54) is 17.0 Å². The Kier molecular flexibility index (Phi) is 8.68. The Balaban J connectivity index is 1.88. The molecule has 2 aromatic carbocycles. The van der Waals surface area contributed by atoms with E-state index in [9.17, 15) is 14.0 Å². The lowest BCUT2D eigenvalue weighted by Gasteiger charge is -2.37. The van der Waals surface area contributed by atoms with Crippen molar-refractivity contribution in [3.63, 3.8) is 0 Å². The third-order valence-corrected chi connectivity index (χ3v) is 6.93. The summed E-state index contributed by atoms with van der Waals surface area (Å²) >= 11 is 5.94. The van der Waals surface area contributed by atoms with Crippen LogP contribution < -0.4 is 5.32 Å². The van der Waals surface area contributed by atoms with Crippen LogP contribution in [-0.4, -0.2) is 35.2 Å². The van der Waals surface area contributed by atoms with Crippen molar-refractivity contribution in [1.82, 2.24) is 10.2 Å². The number of alkyl halides is 1. The molecule has 0 aliphatic heterocycles. The van der Waals surface area contributed by atoms with E-state index in [4.69, 9.17) is 11.6 Å². The predicted octanol–water partition coefficient (Wildman–Crippen LogP) is 5.12. The van der Waals surface area contributed by atoms with Crippen molar-refractivity contribution < 1.29 is 14.0 Å². The summed E-state index contributed by atoms with van der Waals surface area (Å²) in [6.45, 7) is 4.71. The fourth-order valence-electron chi connectivity index (χ4n) is 4.53. The van der Waals surface area contributed by atoms with Gasteiger partial charge in [-0.25, -0.2) is 4.39 Å². The summed E-state index contributed by atoms with van der Waals surface area (Å²) in [6.07, 6.45) is 3.73. The molecule has 2 aromatic rings. The highest BCUT2D eigenvalue weighted by Crippen LogP contribution is 2.31. The lowest BCUT2D eigenvalue weighted by atomic mass is 9.78. The van der Waals surface area contributed by atoms with Gasteiger partial charge in [0, 0.05) is 12.6 Å². The number of nitrogens with one attached hydrogen (secondary N) is 1.